The summed E-state index contributed by atoms with van der Waals surface area (Å²) in [6, 6.07) is 24.6. The zero-order valence-corrected chi connectivity index (χ0v) is 15.6. The molecule has 0 fully saturated rings. The highest BCUT2D eigenvalue weighted by Crippen LogP contribution is 2.40. The van der Waals surface area contributed by atoms with Crippen molar-refractivity contribution < 1.29 is 9.84 Å². The van der Waals surface area contributed by atoms with Crippen LogP contribution >= 0.6 is 0 Å². The zero-order chi connectivity index (χ0) is 18.6. The highest BCUT2D eigenvalue weighted by Gasteiger charge is 2.20. The molecule has 0 aliphatic heterocycles. The van der Waals surface area contributed by atoms with Gasteiger partial charge in [-0.3, -0.25) is 0 Å². The van der Waals surface area contributed by atoms with Crippen LogP contribution in [0.5, 0.6) is 11.5 Å². The van der Waals surface area contributed by atoms with Gasteiger partial charge in [-0.2, -0.15) is 0 Å². The summed E-state index contributed by atoms with van der Waals surface area (Å²) in [5, 5.41) is 9.75. The second kappa shape index (κ2) is 7.71. The van der Waals surface area contributed by atoms with Gasteiger partial charge in [-0.05, 0) is 83.9 Å². The number of ether oxygens (including phenoxy) is 1. The molecule has 0 aromatic heterocycles. The third-order valence-electron chi connectivity index (χ3n) is 5.11. The van der Waals surface area contributed by atoms with E-state index in [1.54, 1.807) is 12.1 Å². The predicted molar refractivity (Wildman–Crippen MR) is 111 cm³/mol. The van der Waals surface area contributed by atoms with Gasteiger partial charge in [0.2, 0.25) is 0 Å². The highest BCUT2D eigenvalue weighted by molar-refractivity contribution is 6.00. The third kappa shape index (κ3) is 3.61. The van der Waals surface area contributed by atoms with E-state index >= 15 is 0 Å². The Morgan fingerprint density at radius 2 is 1.63 bits per heavy atom. The van der Waals surface area contributed by atoms with Gasteiger partial charge in [0.05, 0.1) is 6.61 Å². The van der Waals surface area contributed by atoms with Crippen molar-refractivity contribution >= 4 is 11.1 Å². The van der Waals surface area contributed by atoms with Crippen LogP contribution in [-0.2, 0) is 6.42 Å². The van der Waals surface area contributed by atoms with Crippen molar-refractivity contribution in [3.63, 3.8) is 0 Å². The summed E-state index contributed by atoms with van der Waals surface area (Å²) >= 11 is 0. The van der Waals surface area contributed by atoms with Crippen molar-refractivity contribution in [3.8, 4) is 11.5 Å². The van der Waals surface area contributed by atoms with Gasteiger partial charge in [-0.25, -0.2) is 0 Å². The fraction of sp³-hybridized carbons (Fsp3) is 0.200. The Labute approximate surface area is 160 Å². The normalized spacial score (nSPS) is 13.8. The Hall–Kier alpha value is -3.00. The number of rotatable bonds is 4. The first-order chi connectivity index (χ1) is 13.3. The highest BCUT2D eigenvalue weighted by atomic mass is 16.5. The van der Waals surface area contributed by atoms with Crippen molar-refractivity contribution in [3.05, 3.63) is 95.1 Å². The molecule has 27 heavy (non-hydrogen) atoms. The van der Waals surface area contributed by atoms with Gasteiger partial charge in [0.25, 0.3) is 0 Å². The van der Waals surface area contributed by atoms with E-state index < -0.39 is 0 Å². The van der Waals surface area contributed by atoms with E-state index in [1.807, 2.05) is 19.1 Å². The number of phenols is 1. The number of aromatic hydroxyl groups is 1. The number of fused-ring (bicyclic) bond motifs is 1. The van der Waals surface area contributed by atoms with Crippen LogP contribution in [0.4, 0.5) is 0 Å². The molecule has 2 heteroatoms. The van der Waals surface area contributed by atoms with E-state index in [0.717, 1.165) is 30.6 Å². The first-order valence-electron chi connectivity index (χ1n) is 9.60. The molecule has 136 valence electrons. The number of allylic oxidation sites excluding steroid dienone is 1. The quantitative estimate of drug-likeness (QED) is 0.613. The Kier molecular flexibility index (Phi) is 4.97. The monoisotopic (exact) mass is 356 g/mol. The van der Waals surface area contributed by atoms with E-state index in [2.05, 4.69) is 48.5 Å². The second-order valence-electron chi connectivity index (χ2n) is 6.87. The van der Waals surface area contributed by atoms with Crippen LogP contribution < -0.4 is 4.74 Å². The Morgan fingerprint density at radius 3 is 2.37 bits per heavy atom. The minimum atomic E-state index is 0.293. The number of phenolic OH excluding ortho intramolecular Hbond substituents is 1. The van der Waals surface area contributed by atoms with Crippen LogP contribution in [0.15, 0.2) is 72.8 Å². The average molecular weight is 356 g/mol. The van der Waals surface area contributed by atoms with Gasteiger partial charge in [0.15, 0.2) is 0 Å². The molecule has 3 aromatic carbocycles. The summed E-state index contributed by atoms with van der Waals surface area (Å²) in [5.41, 5.74) is 7.62. The third-order valence-corrected chi connectivity index (χ3v) is 5.11. The van der Waals surface area contributed by atoms with Gasteiger partial charge in [-0.15, -0.1) is 0 Å². The van der Waals surface area contributed by atoms with Crippen LogP contribution in [0.25, 0.3) is 11.1 Å². The van der Waals surface area contributed by atoms with E-state index in [0.29, 0.717) is 12.4 Å². The Bertz CT molecular complexity index is 953. The lowest BCUT2D eigenvalue weighted by atomic mass is 9.88. The number of benzene rings is 3. The maximum Gasteiger partial charge on any atom is 0.119 e. The molecule has 0 bridgehead atoms. The lowest BCUT2D eigenvalue weighted by Crippen LogP contribution is -1.98. The summed E-state index contributed by atoms with van der Waals surface area (Å²) in [6.07, 6.45) is 3.17. The molecule has 1 aliphatic rings. The number of hydrogen-bond donors (Lipinski definition) is 1. The minimum absolute atomic E-state index is 0.293. The summed E-state index contributed by atoms with van der Waals surface area (Å²) < 4.78 is 5.73. The molecule has 0 saturated heterocycles. The largest absolute Gasteiger partial charge is 0.508 e. The predicted octanol–water partition coefficient (Wildman–Crippen LogP) is 6.09. The van der Waals surface area contributed by atoms with E-state index in [1.165, 1.54) is 27.8 Å². The Morgan fingerprint density at radius 1 is 0.852 bits per heavy atom. The maximum absolute atomic E-state index is 9.75. The molecule has 0 atom stereocenters. The van der Waals surface area contributed by atoms with E-state index in [-0.39, 0.29) is 0 Å². The van der Waals surface area contributed by atoms with Crippen molar-refractivity contribution in [1.29, 1.82) is 0 Å². The van der Waals surface area contributed by atoms with Gasteiger partial charge < -0.3 is 9.84 Å². The first-order valence-corrected chi connectivity index (χ1v) is 9.60. The van der Waals surface area contributed by atoms with Crippen LogP contribution in [0.3, 0.4) is 0 Å². The van der Waals surface area contributed by atoms with Gasteiger partial charge >= 0.3 is 0 Å². The van der Waals surface area contributed by atoms with Gasteiger partial charge in [0, 0.05) is 0 Å². The number of hydrogen-bond acceptors (Lipinski definition) is 2. The SMILES string of the molecule is CCOc1ccc2c(c1)CCCC(c1ccccc1)=C2c1ccc(O)cc1. The van der Waals surface area contributed by atoms with Crippen molar-refractivity contribution in [2.24, 2.45) is 0 Å². The maximum atomic E-state index is 9.75. The summed E-state index contributed by atoms with van der Waals surface area (Å²) in [6.45, 7) is 2.69. The standard InChI is InChI=1S/C25H24O2/c1-2-27-22-15-16-24-20(17-22)9-6-10-23(18-7-4-3-5-8-18)25(24)19-11-13-21(26)14-12-19/h3-5,7-8,11-17,26H,2,6,9-10H2,1H3. The van der Waals surface area contributed by atoms with E-state index in [4.69, 9.17) is 4.74 Å². The van der Waals surface area contributed by atoms with E-state index in [9.17, 15) is 5.11 Å². The molecular formula is C25H24O2. The lowest BCUT2D eigenvalue weighted by molar-refractivity contribution is 0.340. The van der Waals surface area contributed by atoms with Gasteiger partial charge in [-0.1, -0.05) is 48.5 Å². The topological polar surface area (TPSA) is 29.5 Å². The minimum Gasteiger partial charge on any atom is -0.508 e. The molecule has 0 radical (unpaired) electrons. The summed E-state index contributed by atoms with van der Waals surface area (Å²) in [7, 11) is 0. The first kappa shape index (κ1) is 17.4. The summed E-state index contributed by atoms with van der Waals surface area (Å²) in [5.74, 6) is 1.23. The van der Waals surface area contributed by atoms with Crippen LogP contribution in [0.1, 0.15) is 42.0 Å². The smallest absolute Gasteiger partial charge is 0.119 e. The molecule has 3 aromatic rings. The zero-order valence-electron chi connectivity index (χ0n) is 15.6. The van der Waals surface area contributed by atoms with Crippen molar-refractivity contribution in [2.75, 3.05) is 6.61 Å². The molecule has 0 unspecified atom stereocenters. The fourth-order valence-corrected chi connectivity index (χ4v) is 3.91. The average Bonchev–Trinajstić information content (AvgIpc) is 2.89. The lowest BCUT2D eigenvalue weighted by Gasteiger charge is -2.17. The van der Waals surface area contributed by atoms with Crippen molar-refractivity contribution in [1.82, 2.24) is 0 Å². The molecule has 0 amide bonds. The summed E-state index contributed by atoms with van der Waals surface area (Å²) in [4.78, 5) is 0. The van der Waals surface area contributed by atoms with Crippen LogP contribution in [0, 0.1) is 0 Å². The molecule has 0 saturated carbocycles. The molecule has 2 nitrogen and oxygen atoms in total. The fourth-order valence-electron chi connectivity index (χ4n) is 3.91. The van der Waals surface area contributed by atoms with Gasteiger partial charge in [0.1, 0.15) is 11.5 Å². The molecular weight excluding hydrogens is 332 g/mol. The molecule has 0 spiro atoms. The molecule has 1 N–H and O–H groups in total. The van der Waals surface area contributed by atoms with Crippen LogP contribution in [-0.4, -0.2) is 11.7 Å². The number of aryl methyl sites for hydroxylation is 1. The van der Waals surface area contributed by atoms with Crippen molar-refractivity contribution in [2.45, 2.75) is 26.2 Å². The molecule has 0 heterocycles. The van der Waals surface area contributed by atoms with Crippen LogP contribution in [0.2, 0.25) is 0 Å². The second-order valence-corrected chi connectivity index (χ2v) is 6.87. The molecule has 4 rings (SSSR count). The Balaban J connectivity index is 1.95. The molecule has 1 aliphatic carbocycles.